The lowest BCUT2D eigenvalue weighted by Crippen LogP contribution is -2.13. The number of nitrogens with zero attached hydrogens (tertiary/aromatic N) is 4. The molecule has 1 aliphatic rings. The normalized spacial score (nSPS) is 15.0. The second-order valence-electron chi connectivity index (χ2n) is 6.60. The molecule has 0 aliphatic heterocycles. The number of ether oxygens (including phenoxy) is 1. The van der Waals surface area contributed by atoms with Crippen molar-refractivity contribution in [2.75, 3.05) is 6.61 Å². The molecule has 1 fully saturated rings. The van der Waals surface area contributed by atoms with E-state index in [-0.39, 0.29) is 5.56 Å². The highest BCUT2D eigenvalue weighted by Gasteiger charge is 2.24. The Balaban J connectivity index is 1.93. The molecule has 136 valence electrons. The second-order valence-corrected chi connectivity index (χ2v) is 6.60. The number of aryl methyl sites for hydroxylation is 1. The summed E-state index contributed by atoms with van der Waals surface area (Å²) in [6, 6.07) is 2.13. The monoisotopic (exact) mass is 353 g/mol. The van der Waals surface area contributed by atoms with Crippen LogP contribution >= 0.6 is 0 Å². The van der Waals surface area contributed by atoms with Gasteiger partial charge in [-0.3, -0.25) is 9.78 Å². The van der Waals surface area contributed by atoms with E-state index in [0.29, 0.717) is 41.7 Å². The molecule has 3 aromatic rings. The molecule has 7 nitrogen and oxygen atoms in total. The first-order valence-corrected chi connectivity index (χ1v) is 9.31. The first-order valence-electron chi connectivity index (χ1n) is 9.31. The Morgan fingerprint density at radius 2 is 2.12 bits per heavy atom. The molecule has 0 spiro atoms. The number of hydrogen-bond acceptors (Lipinski definition) is 5. The molecule has 3 aromatic heterocycles. The van der Waals surface area contributed by atoms with Crippen molar-refractivity contribution in [2.45, 2.75) is 52.0 Å². The van der Waals surface area contributed by atoms with Gasteiger partial charge in [-0.1, -0.05) is 19.8 Å². The molecular weight excluding hydrogens is 330 g/mol. The maximum atomic E-state index is 12.8. The fraction of sp³-hybridized carbons (Fsp3) is 0.474. The minimum Gasteiger partial charge on any atom is -0.491 e. The first-order chi connectivity index (χ1) is 12.7. The van der Waals surface area contributed by atoms with Crippen LogP contribution in [0.2, 0.25) is 0 Å². The summed E-state index contributed by atoms with van der Waals surface area (Å²) in [5.74, 6) is 1.11. The zero-order chi connectivity index (χ0) is 18.1. The molecule has 0 unspecified atom stereocenters. The van der Waals surface area contributed by atoms with E-state index in [1.165, 1.54) is 12.8 Å². The van der Waals surface area contributed by atoms with E-state index in [2.05, 4.69) is 9.97 Å². The fourth-order valence-corrected chi connectivity index (χ4v) is 3.74. The molecule has 7 heteroatoms. The van der Waals surface area contributed by atoms with Gasteiger partial charge in [-0.05, 0) is 32.3 Å². The lowest BCUT2D eigenvalue weighted by Gasteiger charge is -2.12. The predicted molar refractivity (Wildman–Crippen MR) is 99.4 cm³/mol. The van der Waals surface area contributed by atoms with Gasteiger partial charge in [-0.2, -0.15) is 5.10 Å². The van der Waals surface area contributed by atoms with Gasteiger partial charge in [0.25, 0.3) is 5.56 Å². The first kappa shape index (κ1) is 16.8. The number of hydrogen-bond donors (Lipinski definition) is 1. The van der Waals surface area contributed by atoms with Gasteiger partial charge in [0.2, 0.25) is 0 Å². The SMILES string of the molecule is CCOc1cnccc1-c1nc2c(c(CC)nn2C2CCCC2)c(=O)[nH]1. The Bertz CT molecular complexity index is 985. The van der Waals surface area contributed by atoms with Crippen LogP contribution < -0.4 is 10.3 Å². The average molecular weight is 353 g/mol. The van der Waals surface area contributed by atoms with Gasteiger partial charge in [-0.15, -0.1) is 0 Å². The van der Waals surface area contributed by atoms with Crippen LogP contribution in [0.25, 0.3) is 22.4 Å². The third kappa shape index (κ3) is 2.77. The number of H-pyrrole nitrogens is 1. The lowest BCUT2D eigenvalue weighted by molar-refractivity contribution is 0.340. The van der Waals surface area contributed by atoms with Gasteiger partial charge in [0.05, 0.1) is 30.1 Å². The van der Waals surface area contributed by atoms with Crippen molar-refractivity contribution >= 4 is 11.0 Å². The van der Waals surface area contributed by atoms with Crippen molar-refractivity contribution in [2.24, 2.45) is 0 Å². The summed E-state index contributed by atoms with van der Waals surface area (Å²) in [5.41, 5.74) is 2.07. The van der Waals surface area contributed by atoms with Crippen LogP contribution in [0.1, 0.15) is 51.3 Å². The van der Waals surface area contributed by atoms with Gasteiger partial charge in [0, 0.05) is 6.20 Å². The quantitative estimate of drug-likeness (QED) is 0.761. The molecule has 26 heavy (non-hydrogen) atoms. The van der Waals surface area contributed by atoms with Gasteiger partial charge in [0.15, 0.2) is 5.65 Å². The smallest absolute Gasteiger partial charge is 0.262 e. The van der Waals surface area contributed by atoms with Crippen molar-refractivity contribution in [1.82, 2.24) is 24.7 Å². The highest BCUT2D eigenvalue weighted by atomic mass is 16.5. The van der Waals surface area contributed by atoms with Gasteiger partial charge in [-0.25, -0.2) is 9.67 Å². The number of rotatable bonds is 5. The topological polar surface area (TPSA) is 85.7 Å². The number of nitrogens with one attached hydrogen (secondary N) is 1. The summed E-state index contributed by atoms with van der Waals surface area (Å²) >= 11 is 0. The molecule has 0 radical (unpaired) electrons. The molecule has 1 saturated carbocycles. The van der Waals surface area contributed by atoms with Crippen LogP contribution in [0, 0.1) is 0 Å². The van der Waals surface area contributed by atoms with Crippen LogP contribution in [0.3, 0.4) is 0 Å². The predicted octanol–water partition coefficient (Wildman–Crippen LogP) is 3.26. The Kier molecular flexibility index (Phi) is 4.44. The molecule has 0 bridgehead atoms. The number of pyridine rings is 1. The van der Waals surface area contributed by atoms with Crippen LogP contribution in [0.5, 0.6) is 5.75 Å². The number of fused-ring (bicyclic) bond motifs is 1. The number of aromatic nitrogens is 5. The van der Waals surface area contributed by atoms with Gasteiger partial charge in [0.1, 0.15) is 17.0 Å². The Hall–Kier alpha value is -2.70. The summed E-state index contributed by atoms with van der Waals surface area (Å²) < 4.78 is 7.63. The highest BCUT2D eigenvalue weighted by molar-refractivity contribution is 5.80. The molecule has 0 saturated heterocycles. The number of aromatic amines is 1. The lowest BCUT2D eigenvalue weighted by atomic mass is 10.2. The summed E-state index contributed by atoms with van der Waals surface area (Å²) in [7, 11) is 0. The van der Waals surface area contributed by atoms with Crippen molar-refractivity contribution in [1.29, 1.82) is 0 Å². The van der Waals surface area contributed by atoms with E-state index < -0.39 is 0 Å². The van der Waals surface area contributed by atoms with Crippen LogP contribution in [-0.4, -0.2) is 31.3 Å². The van der Waals surface area contributed by atoms with Crippen molar-refractivity contribution in [3.63, 3.8) is 0 Å². The summed E-state index contributed by atoms with van der Waals surface area (Å²) in [6.45, 7) is 4.45. The Morgan fingerprint density at radius 1 is 1.31 bits per heavy atom. The second kappa shape index (κ2) is 6.90. The summed E-state index contributed by atoms with van der Waals surface area (Å²) in [5, 5.41) is 5.34. The average Bonchev–Trinajstić information content (AvgIpc) is 3.30. The van der Waals surface area contributed by atoms with E-state index >= 15 is 0 Å². The van der Waals surface area contributed by atoms with E-state index in [4.69, 9.17) is 14.8 Å². The molecule has 3 heterocycles. The molecular formula is C19H23N5O2. The van der Waals surface area contributed by atoms with Crippen LogP contribution in [0.15, 0.2) is 23.3 Å². The largest absolute Gasteiger partial charge is 0.491 e. The van der Waals surface area contributed by atoms with Crippen molar-refractivity contribution in [3.05, 3.63) is 34.5 Å². The Labute approximate surface area is 151 Å². The molecule has 1 aliphatic carbocycles. The third-order valence-electron chi connectivity index (χ3n) is 4.98. The minimum absolute atomic E-state index is 0.148. The maximum Gasteiger partial charge on any atom is 0.262 e. The van der Waals surface area contributed by atoms with E-state index in [9.17, 15) is 4.79 Å². The zero-order valence-corrected chi connectivity index (χ0v) is 15.2. The van der Waals surface area contributed by atoms with Gasteiger partial charge < -0.3 is 9.72 Å². The van der Waals surface area contributed by atoms with Gasteiger partial charge >= 0.3 is 0 Å². The highest BCUT2D eigenvalue weighted by Crippen LogP contribution is 2.33. The van der Waals surface area contributed by atoms with Crippen molar-refractivity contribution < 1.29 is 4.74 Å². The van der Waals surface area contributed by atoms with E-state index in [1.54, 1.807) is 12.4 Å². The van der Waals surface area contributed by atoms with E-state index in [1.807, 2.05) is 24.6 Å². The zero-order valence-electron chi connectivity index (χ0n) is 15.2. The summed E-state index contributed by atoms with van der Waals surface area (Å²) in [6.07, 6.45) is 8.60. The van der Waals surface area contributed by atoms with Crippen LogP contribution in [-0.2, 0) is 6.42 Å². The Morgan fingerprint density at radius 3 is 2.85 bits per heavy atom. The van der Waals surface area contributed by atoms with Crippen molar-refractivity contribution in [3.8, 4) is 17.1 Å². The minimum atomic E-state index is -0.148. The maximum absolute atomic E-state index is 12.8. The molecule has 4 rings (SSSR count). The molecule has 0 atom stereocenters. The standard InChI is InChI=1S/C19H23N5O2/c1-3-14-16-18(24(23-14)12-7-5-6-8-12)21-17(22-19(16)25)13-9-10-20-11-15(13)26-4-2/h9-12H,3-8H2,1-2H3,(H,21,22,25). The van der Waals surface area contributed by atoms with E-state index in [0.717, 1.165) is 24.1 Å². The molecule has 0 aromatic carbocycles. The fourth-order valence-electron chi connectivity index (χ4n) is 3.74. The molecule has 1 N–H and O–H groups in total. The van der Waals surface area contributed by atoms with Crippen LogP contribution in [0.4, 0.5) is 0 Å². The molecule has 0 amide bonds. The summed E-state index contributed by atoms with van der Waals surface area (Å²) in [4.78, 5) is 24.7. The third-order valence-corrected chi connectivity index (χ3v) is 4.98.